The molecular formula is C14H23BrN2S. The van der Waals surface area contributed by atoms with Gasteiger partial charge in [0.15, 0.2) is 0 Å². The number of nitrogens with zero attached hydrogens (tertiary/aromatic N) is 1. The van der Waals surface area contributed by atoms with Crippen LogP contribution in [0.25, 0.3) is 0 Å². The number of thiophene rings is 1. The molecule has 0 saturated carbocycles. The monoisotopic (exact) mass is 330 g/mol. The highest BCUT2D eigenvalue weighted by molar-refractivity contribution is 9.10. The Morgan fingerprint density at radius 1 is 1.56 bits per heavy atom. The molecule has 0 aliphatic carbocycles. The van der Waals surface area contributed by atoms with Crippen LogP contribution in [0.5, 0.6) is 0 Å². The first-order valence-electron chi connectivity index (χ1n) is 6.87. The topological polar surface area (TPSA) is 15.3 Å². The quantitative estimate of drug-likeness (QED) is 0.885. The minimum Gasteiger partial charge on any atom is -0.314 e. The van der Waals surface area contributed by atoms with Gasteiger partial charge < -0.3 is 5.32 Å². The van der Waals surface area contributed by atoms with Crippen molar-refractivity contribution in [3.63, 3.8) is 0 Å². The van der Waals surface area contributed by atoms with Crippen molar-refractivity contribution in [3.8, 4) is 0 Å². The molecule has 2 heterocycles. The summed E-state index contributed by atoms with van der Waals surface area (Å²) >= 11 is 5.38. The number of hydrogen-bond donors (Lipinski definition) is 1. The van der Waals surface area contributed by atoms with Gasteiger partial charge in [0.2, 0.25) is 0 Å². The molecule has 1 aliphatic rings. The number of piperidine rings is 1. The molecule has 0 radical (unpaired) electrons. The van der Waals surface area contributed by atoms with Crippen molar-refractivity contribution in [2.75, 3.05) is 19.6 Å². The van der Waals surface area contributed by atoms with Gasteiger partial charge in [-0.15, -0.1) is 11.3 Å². The second-order valence-electron chi connectivity index (χ2n) is 5.29. The molecular weight excluding hydrogens is 308 g/mol. The molecule has 0 aromatic carbocycles. The summed E-state index contributed by atoms with van der Waals surface area (Å²) in [7, 11) is 0. The van der Waals surface area contributed by atoms with E-state index in [1.54, 1.807) is 0 Å². The fourth-order valence-corrected chi connectivity index (χ4v) is 4.16. The van der Waals surface area contributed by atoms with Crippen LogP contribution in [0.2, 0.25) is 0 Å². The Morgan fingerprint density at radius 2 is 2.39 bits per heavy atom. The fraction of sp³-hybridized carbons (Fsp3) is 0.714. The van der Waals surface area contributed by atoms with Gasteiger partial charge in [-0.2, -0.15) is 0 Å². The van der Waals surface area contributed by atoms with Gasteiger partial charge >= 0.3 is 0 Å². The van der Waals surface area contributed by atoms with Crippen LogP contribution in [-0.4, -0.2) is 30.6 Å². The predicted octanol–water partition coefficient (Wildman–Crippen LogP) is 3.72. The second-order valence-corrected chi connectivity index (χ2v) is 7.20. The highest BCUT2D eigenvalue weighted by atomic mass is 79.9. The number of nitrogens with one attached hydrogen (secondary N) is 1. The van der Waals surface area contributed by atoms with Crippen molar-refractivity contribution in [3.05, 3.63) is 20.8 Å². The average Bonchev–Trinajstić information content (AvgIpc) is 2.74. The number of rotatable bonds is 5. The van der Waals surface area contributed by atoms with Gasteiger partial charge in [-0.1, -0.05) is 13.8 Å². The maximum Gasteiger partial charge on any atom is 0.0328 e. The summed E-state index contributed by atoms with van der Waals surface area (Å²) in [6.45, 7) is 9.33. The van der Waals surface area contributed by atoms with Gasteiger partial charge in [0.1, 0.15) is 0 Å². The normalized spacial score (nSPS) is 25.5. The first-order chi connectivity index (χ1) is 8.69. The largest absolute Gasteiger partial charge is 0.314 e. The van der Waals surface area contributed by atoms with Crippen LogP contribution in [0.15, 0.2) is 15.9 Å². The summed E-state index contributed by atoms with van der Waals surface area (Å²) in [5.41, 5.74) is 0. The van der Waals surface area contributed by atoms with E-state index in [2.05, 4.69) is 51.4 Å². The average molecular weight is 331 g/mol. The Morgan fingerprint density at radius 3 is 3.00 bits per heavy atom. The van der Waals surface area contributed by atoms with Crippen molar-refractivity contribution in [1.29, 1.82) is 0 Å². The molecule has 2 atom stereocenters. The Labute approximate surface area is 123 Å². The summed E-state index contributed by atoms with van der Waals surface area (Å²) in [5, 5.41) is 5.85. The molecule has 2 rings (SSSR count). The second kappa shape index (κ2) is 7.04. The fourth-order valence-electron chi connectivity index (χ4n) is 2.67. The van der Waals surface area contributed by atoms with Gasteiger partial charge in [-0.05, 0) is 47.3 Å². The Hall–Kier alpha value is 0.1000. The van der Waals surface area contributed by atoms with Crippen molar-refractivity contribution in [1.82, 2.24) is 10.2 Å². The van der Waals surface area contributed by atoms with Gasteiger partial charge in [-0.3, -0.25) is 4.90 Å². The van der Waals surface area contributed by atoms with E-state index < -0.39 is 0 Å². The van der Waals surface area contributed by atoms with Gasteiger partial charge in [0.25, 0.3) is 0 Å². The van der Waals surface area contributed by atoms with Crippen LogP contribution in [0.1, 0.15) is 31.6 Å². The number of halogens is 1. The molecule has 102 valence electrons. The van der Waals surface area contributed by atoms with Crippen LogP contribution in [0, 0.1) is 5.92 Å². The van der Waals surface area contributed by atoms with E-state index >= 15 is 0 Å². The number of likely N-dealkylation sites (tertiary alicyclic amines) is 1. The molecule has 1 N–H and O–H groups in total. The van der Waals surface area contributed by atoms with Crippen molar-refractivity contribution in [2.45, 2.75) is 39.3 Å². The summed E-state index contributed by atoms with van der Waals surface area (Å²) in [5.74, 6) is 0.758. The van der Waals surface area contributed by atoms with Gasteiger partial charge in [-0.25, -0.2) is 0 Å². The molecule has 1 aliphatic heterocycles. The molecule has 0 amide bonds. The number of hydrogen-bond acceptors (Lipinski definition) is 3. The van der Waals surface area contributed by atoms with Crippen molar-refractivity contribution >= 4 is 27.3 Å². The van der Waals surface area contributed by atoms with Crippen LogP contribution in [-0.2, 0) is 6.54 Å². The minimum absolute atomic E-state index is 0.719. The highest BCUT2D eigenvalue weighted by Gasteiger charge is 2.25. The first-order valence-corrected chi connectivity index (χ1v) is 8.55. The van der Waals surface area contributed by atoms with Crippen molar-refractivity contribution in [2.24, 2.45) is 5.92 Å². The van der Waals surface area contributed by atoms with Gasteiger partial charge in [0.05, 0.1) is 0 Å². The van der Waals surface area contributed by atoms with Gasteiger partial charge in [0, 0.05) is 40.4 Å². The van der Waals surface area contributed by atoms with Crippen LogP contribution < -0.4 is 5.32 Å². The summed E-state index contributed by atoms with van der Waals surface area (Å²) < 4.78 is 1.22. The first kappa shape index (κ1) is 14.5. The summed E-state index contributed by atoms with van der Waals surface area (Å²) in [4.78, 5) is 4.06. The van der Waals surface area contributed by atoms with E-state index in [4.69, 9.17) is 0 Å². The van der Waals surface area contributed by atoms with E-state index in [0.29, 0.717) is 0 Å². The third-order valence-electron chi connectivity index (χ3n) is 3.65. The van der Waals surface area contributed by atoms with E-state index in [1.807, 2.05) is 11.3 Å². The molecule has 0 bridgehead atoms. The molecule has 18 heavy (non-hydrogen) atoms. The lowest BCUT2D eigenvalue weighted by molar-refractivity contribution is 0.142. The lowest BCUT2D eigenvalue weighted by atomic mass is 9.93. The van der Waals surface area contributed by atoms with Crippen LogP contribution >= 0.6 is 27.3 Å². The van der Waals surface area contributed by atoms with E-state index in [-0.39, 0.29) is 0 Å². The molecule has 4 heteroatoms. The summed E-state index contributed by atoms with van der Waals surface area (Å²) in [6, 6.07) is 2.97. The van der Waals surface area contributed by atoms with E-state index in [9.17, 15) is 0 Å². The van der Waals surface area contributed by atoms with Crippen LogP contribution in [0.4, 0.5) is 0 Å². The Balaban J connectivity index is 1.80. The molecule has 0 spiro atoms. The highest BCUT2D eigenvalue weighted by Crippen LogP contribution is 2.24. The molecule has 1 saturated heterocycles. The van der Waals surface area contributed by atoms with Crippen molar-refractivity contribution < 1.29 is 0 Å². The molecule has 1 aromatic heterocycles. The predicted molar refractivity (Wildman–Crippen MR) is 83.2 cm³/mol. The van der Waals surface area contributed by atoms with Crippen LogP contribution in [0.3, 0.4) is 0 Å². The third kappa shape index (κ3) is 4.05. The smallest absolute Gasteiger partial charge is 0.0328 e. The molecule has 1 aromatic rings. The Kier molecular flexibility index (Phi) is 5.67. The SMILES string of the molecule is CCCNC1CCN(Cc2cc(Br)cs2)CC1C. The summed E-state index contributed by atoms with van der Waals surface area (Å²) in [6.07, 6.45) is 2.52. The third-order valence-corrected chi connectivity index (χ3v) is 5.33. The molecule has 2 nitrogen and oxygen atoms in total. The van der Waals surface area contributed by atoms with E-state index in [1.165, 1.54) is 35.3 Å². The zero-order valence-corrected chi connectivity index (χ0v) is 13.7. The standard InChI is InChI=1S/C14H23BrN2S/c1-3-5-16-14-4-6-17(8-11(14)2)9-13-7-12(15)10-18-13/h7,10-11,14,16H,3-6,8-9H2,1-2H3. The Bertz CT molecular complexity index is 366. The lowest BCUT2D eigenvalue weighted by Gasteiger charge is -2.37. The maximum absolute atomic E-state index is 3.68. The maximum atomic E-state index is 3.68. The zero-order valence-electron chi connectivity index (χ0n) is 11.3. The molecule has 1 fully saturated rings. The lowest BCUT2D eigenvalue weighted by Crippen LogP contribution is -2.48. The molecule has 2 unspecified atom stereocenters. The minimum atomic E-state index is 0.719. The van der Waals surface area contributed by atoms with E-state index in [0.717, 1.165) is 25.0 Å². The zero-order chi connectivity index (χ0) is 13.0.